The maximum absolute atomic E-state index is 13.8. The number of hydrogen-bond donors (Lipinski definition) is 5. The molecule has 11 heteroatoms. The van der Waals surface area contributed by atoms with E-state index in [0.717, 1.165) is 18.4 Å². The highest BCUT2D eigenvalue weighted by atomic mass is 16.3. The van der Waals surface area contributed by atoms with E-state index in [2.05, 4.69) is 20.9 Å². The SMILES string of the molecule is C[C@@H]1[C@H](NC(=O)c2ccccc2O)C(=O)N[C@@H](Cc2cccnc2)[C@@H](O)[C@@H](C)C(=O)NC(C2CC2)C(=O)N1C. The van der Waals surface area contributed by atoms with Crippen molar-refractivity contribution in [1.82, 2.24) is 25.8 Å². The van der Waals surface area contributed by atoms with Crippen LogP contribution in [0, 0.1) is 11.8 Å². The Bertz CT molecular complexity index is 1220. The molecular formula is C28H35N5O6. The van der Waals surface area contributed by atoms with Gasteiger partial charge in [-0.3, -0.25) is 24.2 Å². The van der Waals surface area contributed by atoms with Crippen LogP contribution in [-0.4, -0.2) is 81.0 Å². The second-order valence-electron chi connectivity index (χ2n) is 10.4. The zero-order chi connectivity index (χ0) is 28.3. The molecule has 11 nitrogen and oxygen atoms in total. The molecule has 2 aliphatic rings. The number of likely N-dealkylation sites (N-methyl/N-ethyl adjacent to an activating group) is 1. The van der Waals surface area contributed by atoms with Crippen LogP contribution < -0.4 is 16.0 Å². The molecule has 208 valence electrons. The van der Waals surface area contributed by atoms with Gasteiger partial charge in [0.2, 0.25) is 17.7 Å². The van der Waals surface area contributed by atoms with Crippen molar-refractivity contribution in [1.29, 1.82) is 0 Å². The van der Waals surface area contributed by atoms with Gasteiger partial charge in [-0.15, -0.1) is 0 Å². The van der Waals surface area contributed by atoms with Crippen LogP contribution >= 0.6 is 0 Å². The van der Waals surface area contributed by atoms with Gasteiger partial charge in [-0.25, -0.2) is 0 Å². The molecule has 6 atom stereocenters. The van der Waals surface area contributed by atoms with Gasteiger partial charge >= 0.3 is 0 Å². The smallest absolute Gasteiger partial charge is 0.255 e. The summed E-state index contributed by atoms with van der Waals surface area (Å²) in [5.74, 6) is -3.45. The van der Waals surface area contributed by atoms with Gasteiger partial charge in [0, 0.05) is 19.4 Å². The molecule has 2 heterocycles. The molecule has 4 amide bonds. The third-order valence-electron chi connectivity index (χ3n) is 7.66. The van der Waals surface area contributed by atoms with E-state index in [9.17, 15) is 29.4 Å². The molecule has 4 rings (SSSR count). The standard InChI is InChI=1S/C28H35N5O6/c1-15-24(35)20(13-17-7-6-12-29-14-17)30-27(38)22(31-26(37)19-8-4-5-9-21(19)34)16(2)33(3)28(39)23(18-10-11-18)32-25(15)36/h4-9,12,14-16,18,20,22-24,34-35H,10-11,13H2,1-3H3,(H,30,38)(H,31,37)(H,32,36)/t15-,16-,20+,22+,23?,24+/m1/s1. The number of para-hydroxylation sites is 1. The lowest BCUT2D eigenvalue weighted by molar-refractivity contribution is -0.142. The summed E-state index contributed by atoms with van der Waals surface area (Å²) in [5, 5.41) is 29.7. The van der Waals surface area contributed by atoms with Crippen molar-refractivity contribution in [2.75, 3.05) is 7.05 Å². The fourth-order valence-corrected chi connectivity index (χ4v) is 4.84. The number of nitrogens with one attached hydrogen (secondary N) is 3. The van der Waals surface area contributed by atoms with Gasteiger partial charge in [0.25, 0.3) is 5.91 Å². The summed E-state index contributed by atoms with van der Waals surface area (Å²) in [5.41, 5.74) is 0.703. The lowest BCUT2D eigenvalue weighted by Gasteiger charge is -2.37. The van der Waals surface area contributed by atoms with Crippen LogP contribution in [0.3, 0.4) is 0 Å². The summed E-state index contributed by atoms with van der Waals surface area (Å²) < 4.78 is 0. The van der Waals surface area contributed by atoms with Crippen molar-refractivity contribution >= 4 is 23.6 Å². The third-order valence-corrected chi connectivity index (χ3v) is 7.66. The first kappa shape index (κ1) is 28.0. The van der Waals surface area contributed by atoms with Crippen molar-refractivity contribution in [3.05, 3.63) is 59.9 Å². The quantitative estimate of drug-likeness (QED) is 0.368. The minimum Gasteiger partial charge on any atom is -0.507 e. The molecule has 2 fully saturated rings. The predicted molar refractivity (Wildman–Crippen MR) is 141 cm³/mol. The highest BCUT2D eigenvalue weighted by molar-refractivity contribution is 6.00. The van der Waals surface area contributed by atoms with Gasteiger partial charge in [0.05, 0.1) is 29.7 Å². The fourth-order valence-electron chi connectivity index (χ4n) is 4.84. The Balaban J connectivity index is 1.70. The molecule has 1 unspecified atom stereocenters. The normalized spacial score (nSPS) is 28.5. The molecule has 1 aromatic heterocycles. The molecule has 5 N–H and O–H groups in total. The molecule has 1 aliphatic heterocycles. The number of phenolic OH excluding ortho intramolecular Hbond substituents is 1. The molecule has 39 heavy (non-hydrogen) atoms. The lowest BCUT2D eigenvalue weighted by Crippen LogP contribution is -2.64. The molecule has 1 saturated carbocycles. The number of pyridine rings is 1. The van der Waals surface area contributed by atoms with Crippen LogP contribution in [0.4, 0.5) is 0 Å². The zero-order valence-electron chi connectivity index (χ0n) is 22.2. The van der Waals surface area contributed by atoms with Crippen LogP contribution in [0.1, 0.15) is 42.6 Å². The Kier molecular flexibility index (Phi) is 8.49. The Morgan fingerprint density at radius 2 is 1.79 bits per heavy atom. The van der Waals surface area contributed by atoms with Crippen molar-refractivity contribution in [3.63, 3.8) is 0 Å². The first-order valence-electron chi connectivity index (χ1n) is 13.1. The van der Waals surface area contributed by atoms with Crippen LogP contribution in [0.15, 0.2) is 48.8 Å². The predicted octanol–water partition coefficient (Wildman–Crippen LogP) is 0.365. The number of hydrogen-bond acceptors (Lipinski definition) is 7. The zero-order valence-corrected chi connectivity index (χ0v) is 22.2. The number of aromatic nitrogens is 1. The van der Waals surface area contributed by atoms with Gasteiger partial charge in [0.1, 0.15) is 17.8 Å². The molecular weight excluding hydrogens is 502 g/mol. The molecule has 1 aliphatic carbocycles. The number of carbonyl (C=O) groups excluding carboxylic acids is 4. The topological polar surface area (TPSA) is 161 Å². The summed E-state index contributed by atoms with van der Waals surface area (Å²) in [6.45, 7) is 3.17. The number of benzene rings is 1. The van der Waals surface area contributed by atoms with Crippen LogP contribution in [0.2, 0.25) is 0 Å². The minimum absolute atomic E-state index is 0.0266. The number of aliphatic hydroxyl groups excluding tert-OH is 1. The number of amides is 4. The summed E-state index contributed by atoms with van der Waals surface area (Å²) in [6, 6.07) is 5.68. The first-order valence-corrected chi connectivity index (χ1v) is 13.1. The van der Waals surface area contributed by atoms with Gasteiger partial charge in [-0.05, 0) is 55.9 Å². The summed E-state index contributed by atoms with van der Waals surface area (Å²) in [4.78, 5) is 59.0. The fraction of sp³-hybridized carbons (Fsp3) is 0.464. The molecule has 0 radical (unpaired) electrons. The van der Waals surface area contributed by atoms with Gasteiger partial charge in [-0.1, -0.05) is 25.1 Å². The molecule has 0 spiro atoms. The van der Waals surface area contributed by atoms with Crippen molar-refractivity contribution in [2.45, 2.75) is 63.4 Å². The molecule has 1 saturated heterocycles. The van der Waals surface area contributed by atoms with Crippen molar-refractivity contribution in [3.8, 4) is 5.75 Å². The van der Waals surface area contributed by atoms with Crippen LogP contribution in [0.25, 0.3) is 0 Å². The van der Waals surface area contributed by atoms with Crippen LogP contribution in [-0.2, 0) is 20.8 Å². The number of phenols is 1. The highest BCUT2D eigenvalue weighted by Gasteiger charge is 2.44. The lowest BCUT2D eigenvalue weighted by atomic mass is 9.91. The van der Waals surface area contributed by atoms with E-state index in [1.54, 1.807) is 50.5 Å². The highest BCUT2D eigenvalue weighted by Crippen LogP contribution is 2.34. The van der Waals surface area contributed by atoms with E-state index in [0.29, 0.717) is 0 Å². The Labute approximate surface area is 227 Å². The number of carbonyl (C=O) groups is 4. The van der Waals surface area contributed by atoms with E-state index in [-0.39, 0.29) is 29.6 Å². The maximum Gasteiger partial charge on any atom is 0.255 e. The van der Waals surface area contributed by atoms with Gasteiger partial charge < -0.3 is 31.1 Å². The second-order valence-corrected chi connectivity index (χ2v) is 10.4. The minimum atomic E-state index is -1.30. The Hall–Kier alpha value is -3.99. The van der Waals surface area contributed by atoms with Gasteiger partial charge in [0.15, 0.2) is 0 Å². The van der Waals surface area contributed by atoms with E-state index >= 15 is 0 Å². The molecule has 0 bridgehead atoms. The number of aromatic hydroxyl groups is 1. The average molecular weight is 538 g/mol. The molecule has 2 aromatic rings. The van der Waals surface area contributed by atoms with E-state index in [1.165, 1.54) is 24.1 Å². The number of rotatable bonds is 5. The van der Waals surface area contributed by atoms with Gasteiger partial charge in [-0.2, -0.15) is 0 Å². The average Bonchev–Trinajstić information content (AvgIpc) is 3.77. The van der Waals surface area contributed by atoms with Crippen LogP contribution in [0.5, 0.6) is 5.75 Å². The van der Waals surface area contributed by atoms with E-state index < -0.39 is 53.9 Å². The summed E-state index contributed by atoms with van der Waals surface area (Å²) in [6.07, 6.45) is 3.63. The number of aliphatic hydroxyl groups is 1. The number of nitrogens with zero attached hydrogens (tertiary/aromatic N) is 2. The second kappa shape index (κ2) is 11.8. The monoisotopic (exact) mass is 537 g/mol. The Morgan fingerprint density at radius 3 is 2.44 bits per heavy atom. The van der Waals surface area contributed by atoms with E-state index in [1.807, 2.05) is 0 Å². The molecule has 1 aromatic carbocycles. The van der Waals surface area contributed by atoms with Crippen molar-refractivity contribution < 1.29 is 29.4 Å². The summed E-state index contributed by atoms with van der Waals surface area (Å²) in [7, 11) is 1.53. The third kappa shape index (κ3) is 6.36. The van der Waals surface area contributed by atoms with E-state index in [4.69, 9.17) is 0 Å². The first-order chi connectivity index (χ1) is 18.6. The summed E-state index contributed by atoms with van der Waals surface area (Å²) >= 11 is 0. The largest absolute Gasteiger partial charge is 0.507 e. The maximum atomic E-state index is 13.8. The van der Waals surface area contributed by atoms with Crippen molar-refractivity contribution in [2.24, 2.45) is 11.8 Å². The Morgan fingerprint density at radius 1 is 1.08 bits per heavy atom.